The smallest absolute Gasteiger partial charge is 0.234 e. The number of carbonyl (C=O) groups excluding carboxylic acids is 2. The van der Waals surface area contributed by atoms with Crippen LogP contribution in [0.4, 0.5) is 0 Å². The van der Waals surface area contributed by atoms with Crippen molar-refractivity contribution < 1.29 is 28.5 Å². The lowest BCUT2D eigenvalue weighted by Gasteiger charge is -2.21. The first kappa shape index (κ1) is 22.6. The van der Waals surface area contributed by atoms with E-state index in [0.717, 1.165) is 5.56 Å². The van der Waals surface area contributed by atoms with Gasteiger partial charge in [-0.2, -0.15) is 0 Å². The van der Waals surface area contributed by atoms with Gasteiger partial charge in [0.25, 0.3) is 0 Å². The number of rotatable bonds is 14. The number of azide groups is 1. The topological polar surface area (TPSA) is 132 Å². The first-order chi connectivity index (χ1) is 14.2. The molecule has 0 aliphatic carbocycles. The number of nitrogens with one attached hydrogen (secondary N) is 1. The molecular weight excluding hydrogens is 380 g/mol. The number of hydrogen-bond donors (Lipinski definition) is 1. The van der Waals surface area contributed by atoms with Gasteiger partial charge in [-0.3, -0.25) is 14.9 Å². The van der Waals surface area contributed by atoms with Gasteiger partial charge in [-0.05, 0) is 29.6 Å². The summed E-state index contributed by atoms with van der Waals surface area (Å²) in [6.45, 7) is 3.35. The van der Waals surface area contributed by atoms with Gasteiger partial charge in [-0.25, -0.2) is 0 Å². The molecule has 1 atom stereocenters. The summed E-state index contributed by atoms with van der Waals surface area (Å²) in [5, 5.41) is 5.72. The standard InChI is InChI=1S/C19H26N4O6/c20-23-21-7-8-26-9-10-27-11-12-28-13-14-29-16-3-1-15(2-4-16)17-5-6-18(24)22-19(17)25/h1-4,17H,5-14H2,(H,22,24,25). The average molecular weight is 406 g/mol. The van der Waals surface area contributed by atoms with E-state index < -0.39 is 0 Å². The van der Waals surface area contributed by atoms with Crippen LogP contribution in [0.2, 0.25) is 0 Å². The highest BCUT2D eigenvalue weighted by Crippen LogP contribution is 2.26. The third kappa shape index (κ3) is 8.93. The molecule has 0 saturated carbocycles. The van der Waals surface area contributed by atoms with Crippen molar-refractivity contribution in [2.75, 3.05) is 52.8 Å². The molecule has 0 spiro atoms. The lowest BCUT2D eigenvalue weighted by atomic mass is 9.90. The Morgan fingerprint density at radius 3 is 2.21 bits per heavy atom. The van der Waals surface area contributed by atoms with Gasteiger partial charge in [0.2, 0.25) is 11.8 Å². The highest BCUT2D eigenvalue weighted by molar-refractivity contribution is 6.00. The highest BCUT2D eigenvalue weighted by atomic mass is 16.6. The normalized spacial score (nSPS) is 16.2. The van der Waals surface area contributed by atoms with Crippen LogP contribution in [-0.2, 0) is 23.8 Å². The van der Waals surface area contributed by atoms with Gasteiger partial charge >= 0.3 is 0 Å². The molecular formula is C19H26N4O6. The first-order valence-corrected chi connectivity index (χ1v) is 9.51. The summed E-state index contributed by atoms with van der Waals surface area (Å²) in [6.07, 6.45) is 0.892. The third-order valence-corrected chi connectivity index (χ3v) is 4.16. The van der Waals surface area contributed by atoms with Crippen LogP contribution in [0, 0.1) is 0 Å². The number of imide groups is 1. The van der Waals surface area contributed by atoms with Gasteiger partial charge in [0.05, 0.1) is 45.6 Å². The van der Waals surface area contributed by atoms with Crippen LogP contribution in [-0.4, -0.2) is 64.6 Å². The van der Waals surface area contributed by atoms with Gasteiger partial charge in [0, 0.05) is 17.9 Å². The van der Waals surface area contributed by atoms with E-state index in [0.29, 0.717) is 71.4 Å². The Hall–Kier alpha value is -2.65. The molecule has 1 saturated heterocycles. The average Bonchev–Trinajstić information content (AvgIpc) is 2.72. The maximum absolute atomic E-state index is 11.9. The van der Waals surface area contributed by atoms with E-state index in [1.807, 2.05) is 24.3 Å². The van der Waals surface area contributed by atoms with Crippen molar-refractivity contribution in [3.8, 4) is 5.75 Å². The Balaban J connectivity index is 1.49. The third-order valence-electron chi connectivity index (χ3n) is 4.16. The molecule has 2 amide bonds. The molecule has 29 heavy (non-hydrogen) atoms. The van der Waals surface area contributed by atoms with E-state index in [2.05, 4.69) is 15.3 Å². The zero-order chi connectivity index (χ0) is 20.7. The Labute approximate surface area is 169 Å². The number of nitrogens with zero attached hydrogens (tertiary/aromatic N) is 3. The molecule has 0 aromatic heterocycles. The summed E-state index contributed by atoms with van der Waals surface area (Å²) < 4.78 is 21.6. The Morgan fingerprint density at radius 2 is 1.59 bits per heavy atom. The summed E-state index contributed by atoms with van der Waals surface area (Å²) in [6, 6.07) is 7.31. The summed E-state index contributed by atoms with van der Waals surface area (Å²) in [7, 11) is 0. The van der Waals surface area contributed by atoms with Crippen molar-refractivity contribution in [1.29, 1.82) is 0 Å². The van der Waals surface area contributed by atoms with E-state index in [4.69, 9.17) is 24.5 Å². The van der Waals surface area contributed by atoms with Crippen molar-refractivity contribution in [2.24, 2.45) is 5.11 Å². The van der Waals surface area contributed by atoms with Crippen molar-refractivity contribution in [3.63, 3.8) is 0 Å². The fourth-order valence-corrected chi connectivity index (χ4v) is 2.72. The SMILES string of the molecule is [N-]=[N+]=NCCOCCOCCOCCOc1ccc(C2CCC(=O)NC2=O)cc1. The lowest BCUT2D eigenvalue weighted by molar-refractivity contribution is -0.134. The Kier molecular flexibility index (Phi) is 10.5. The molecule has 10 heteroatoms. The fraction of sp³-hybridized carbons (Fsp3) is 0.579. The molecule has 1 N–H and O–H groups in total. The number of piperidine rings is 1. The van der Waals surface area contributed by atoms with Gasteiger partial charge in [-0.15, -0.1) is 0 Å². The van der Waals surface area contributed by atoms with Crippen molar-refractivity contribution in [2.45, 2.75) is 18.8 Å². The minimum atomic E-state index is -0.290. The number of amides is 2. The van der Waals surface area contributed by atoms with Crippen molar-refractivity contribution in [1.82, 2.24) is 5.32 Å². The van der Waals surface area contributed by atoms with Gasteiger partial charge in [-0.1, -0.05) is 17.2 Å². The van der Waals surface area contributed by atoms with Crippen molar-refractivity contribution in [3.05, 3.63) is 40.3 Å². The van der Waals surface area contributed by atoms with Crippen molar-refractivity contribution >= 4 is 11.8 Å². The summed E-state index contributed by atoms with van der Waals surface area (Å²) in [4.78, 5) is 25.7. The fourth-order valence-electron chi connectivity index (χ4n) is 2.72. The molecule has 1 aromatic rings. The first-order valence-electron chi connectivity index (χ1n) is 9.51. The molecule has 2 rings (SSSR count). The maximum Gasteiger partial charge on any atom is 0.234 e. The largest absolute Gasteiger partial charge is 0.491 e. The molecule has 0 bridgehead atoms. The van der Waals surface area contributed by atoms with E-state index in [1.165, 1.54) is 0 Å². The van der Waals surface area contributed by atoms with Gasteiger partial charge in [0.1, 0.15) is 12.4 Å². The predicted molar refractivity (Wildman–Crippen MR) is 104 cm³/mol. The van der Waals surface area contributed by atoms with Gasteiger partial charge < -0.3 is 18.9 Å². The zero-order valence-electron chi connectivity index (χ0n) is 16.2. The number of benzene rings is 1. The second kappa shape index (κ2) is 13.5. The van der Waals surface area contributed by atoms with Crippen LogP contribution in [0.25, 0.3) is 10.4 Å². The van der Waals surface area contributed by atoms with Crippen LogP contribution in [0.1, 0.15) is 24.3 Å². The second-order valence-corrected chi connectivity index (χ2v) is 6.21. The van der Waals surface area contributed by atoms with E-state index >= 15 is 0 Å². The quantitative estimate of drug-likeness (QED) is 0.165. The Bertz CT molecular complexity index is 690. The second-order valence-electron chi connectivity index (χ2n) is 6.21. The van der Waals surface area contributed by atoms with E-state index in [1.54, 1.807) is 0 Å². The number of hydrogen-bond acceptors (Lipinski definition) is 7. The molecule has 1 fully saturated rings. The summed E-state index contributed by atoms with van der Waals surface area (Å²) >= 11 is 0. The van der Waals surface area contributed by atoms with Crippen LogP contribution < -0.4 is 10.1 Å². The van der Waals surface area contributed by atoms with Crippen LogP contribution in [0.15, 0.2) is 29.4 Å². The number of ether oxygens (including phenoxy) is 4. The minimum Gasteiger partial charge on any atom is -0.491 e. The van der Waals surface area contributed by atoms with Crippen LogP contribution in [0.3, 0.4) is 0 Å². The number of carbonyl (C=O) groups is 2. The molecule has 1 aliphatic rings. The molecule has 158 valence electrons. The van der Waals surface area contributed by atoms with Crippen LogP contribution in [0.5, 0.6) is 5.75 Å². The molecule has 10 nitrogen and oxygen atoms in total. The zero-order valence-corrected chi connectivity index (χ0v) is 16.2. The van der Waals surface area contributed by atoms with Gasteiger partial charge in [0.15, 0.2) is 0 Å². The molecule has 1 unspecified atom stereocenters. The minimum absolute atomic E-state index is 0.216. The highest BCUT2D eigenvalue weighted by Gasteiger charge is 2.27. The van der Waals surface area contributed by atoms with E-state index in [-0.39, 0.29) is 17.7 Å². The lowest BCUT2D eigenvalue weighted by Crippen LogP contribution is -2.39. The molecule has 1 aliphatic heterocycles. The molecule has 0 radical (unpaired) electrons. The monoisotopic (exact) mass is 406 g/mol. The maximum atomic E-state index is 11.9. The summed E-state index contributed by atoms with van der Waals surface area (Å²) in [5.41, 5.74) is 8.97. The van der Waals surface area contributed by atoms with Crippen LogP contribution >= 0.6 is 0 Å². The molecule has 1 aromatic carbocycles. The summed E-state index contributed by atoms with van der Waals surface area (Å²) in [5.74, 6) is -0.0577. The Morgan fingerprint density at radius 1 is 0.966 bits per heavy atom. The molecule has 1 heterocycles. The predicted octanol–water partition coefficient (Wildman–Crippen LogP) is 1.95. The van der Waals surface area contributed by atoms with E-state index in [9.17, 15) is 9.59 Å².